The minimum Gasteiger partial charge on any atom is -0.376 e. The molecule has 0 saturated heterocycles. The zero-order chi connectivity index (χ0) is 16.1. The SMILES string of the molecule is Cc1cc(NCC(=O)N[C@@H](C)C(C)C)ccc1-n1cnnn1. The first-order valence-corrected chi connectivity index (χ1v) is 7.34. The fourth-order valence-electron chi connectivity index (χ4n) is 1.95. The molecule has 0 saturated carbocycles. The monoisotopic (exact) mass is 302 g/mol. The summed E-state index contributed by atoms with van der Waals surface area (Å²) in [7, 11) is 0. The summed E-state index contributed by atoms with van der Waals surface area (Å²) in [6.07, 6.45) is 1.55. The number of anilines is 1. The maximum atomic E-state index is 11.9. The van der Waals surface area contributed by atoms with Gasteiger partial charge in [-0.2, -0.15) is 0 Å². The molecule has 0 unspecified atom stereocenters. The van der Waals surface area contributed by atoms with Crippen molar-refractivity contribution in [2.75, 3.05) is 11.9 Å². The molecule has 0 spiro atoms. The summed E-state index contributed by atoms with van der Waals surface area (Å²) in [5.41, 5.74) is 2.82. The lowest BCUT2D eigenvalue weighted by Gasteiger charge is -2.18. The molecule has 1 aromatic carbocycles. The number of hydrogen-bond donors (Lipinski definition) is 2. The van der Waals surface area contributed by atoms with Gasteiger partial charge >= 0.3 is 0 Å². The van der Waals surface area contributed by atoms with Gasteiger partial charge in [-0.25, -0.2) is 4.68 Å². The molecular formula is C15H22N6O. The molecule has 2 rings (SSSR count). The molecule has 0 aliphatic heterocycles. The fourth-order valence-corrected chi connectivity index (χ4v) is 1.95. The highest BCUT2D eigenvalue weighted by Gasteiger charge is 2.10. The zero-order valence-electron chi connectivity index (χ0n) is 13.4. The van der Waals surface area contributed by atoms with Crippen LogP contribution in [-0.2, 0) is 4.79 Å². The minimum absolute atomic E-state index is 0.0107. The van der Waals surface area contributed by atoms with Gasteiger partial charge in [-0.05, 0) is 54.0 Å². The lowest BCUT2D eigenvalue weighted by Crippen LogP contribution is -2.39. The number of tetrazole rings is 1. The molecule has 0 bridgehead atoms. The smallest absolute Gasteiger partial charge is 0.239 e. The highest BCUT2D eigenvalue weighted by Crippen LogP contribution is 2.17. The molecule has 7 heteroatoms. The van der Waals surface area contributed by atoms with E-state index in [1.165, 1.54) is 0 Å². The summed E-state index contributed by atoms with van der Waals surface area (Å²) in [5.74, 6) is 0.408. The van der Waals surface area contributed by atoms with Crippen LogP contribution in [0.3, 0.4) is 0 Å². The quantitative estimate of drug-likeness (QED) is 0.845. The predicted molar refractivity (Wildman–Crippen MR) is 84.8 cm³/mol. The number of benzene rings is 1. The Morgan fingerprint density at radius 3 is 2.68 bits per heavy atom. The second-order valence-electron chi connectivity index (χ2n) is 5.71. The lowest BCUT2D eigenvalue weighted by atomic mass is 10.1. The molecule has 1 atom stereocenters. The fraction of sp³-hybridized carbons (Fsp3) is 0.467. The molecular weight excluding hydrogens is 280 g/mol. The summed E-state index contributed by atoms with van der Waals surface area (Å²) in [4.78, 5) is 11.9. The second kappa shape index (κ2) is 7.02. The Labute approximate surface area is 130 Å². The van der Waals surface area contributed by atoms with Gasteiger partial charge in [-0.15, -0.1) is 5.10 Å². The third-order valence-electron chi connectivity index (χ3n) is 3.63. The van der Waals surface area contributed by atoms with Gasteiger partial charge < -0.3 is 10.6 Å². The van der Waals surface area contributed by atoms with Crippen molar-refractivity contribution in [3.05, 3.63) is 30.1 Å². The van der Waals surface area contributed by atoms with Crippen molar-refractivity contribution in [1.29, 1.82) is 0 Å². The molecule has 2 N–H and O–H groups in total. The van der Waals surface area contributed by atoms with Gasteiger partial charge in [0.2, 0.25) is 5.91 Å². The van der Waals surface area contributed by atoms with E-state index in [2.05, 4.69) is 40.0 Å². The normalized spacial score (nSPS) is 12.2. The molecule has 2 aromatic rings. The van der Waals surface area contributed by atoms with E-state index in [-0.39, 0.29) is 18.5 Å². The molecule has 1 aromatic heterocycles. The number of rotatable bonds is 6. The van der Waals surface area contributed by atoms with Crippen LogP contribution in [0.15, 0.2) is 24.5 Å². The van der Waals surface area contributed by atoms with Crippen LogP contribution >= 0.6 is 0 Å². The van der Waals surface area contributed by atoms with Gasteiger partial charge in [0.25, 0.3) is 0 Å². The van der Waals surface area contributed by atoms with Crippen LogP contribution in [0.5, 0.6) is 0 Å². The van der Waals surface area contributed by atoms with Crippen molar-refractivity contribution in [3.8, 4) is 5.69 Å². The van der Waals surface area contributed by atoms with E-state index in [0.717, 1.165) is 16.9 Å². The van der Waals surface area contributed by atoms with Crippen molar-refractivity contribution >= 4 is 11.6 Å². The summed E-state index contributed by atoms with van der Waals surface area (Å²) >= 11 is 0. The van der Waals surface area contributed by atoms with E-state index in [1.54, 1.807) is 11.0 Å². The number of carbonyl (C=O) groups excluding carboxylic acids is 1. The Balaban J connectivity index is 1.94. The van der Waals surface area contributed by atoms with Crippen molar-refractivity contribution in [3.63, 3.8) is 0 Å². The molecule has 0 fully saturated rings. The maximum absolute atomic E-state index is 11.9. The predicted octanol–water partition coefficient (Wildman–Crippen LogP) is 1.54. The topological polar surface area (TPSA) is 84.7 Å². The van der Waals surface area contributed by atoms with Gasteiger partial charge in [0.15, 0.2) is 0 Å². The number of amides is 1. The van der Waals surface area contributed by atoms with Crippen molar-refractivity contribution in [1.82, 2.24) is 25.5 Å². The molecule has 0 aliphatic rings. The van der Waals surface area contributed by atoms with Crippen LogP contribution in [0.4, 0.5) is 5.69 Å². The van der Waals surface area contributed by atoms with E-state index in [1.807, 2.05) is 32.0 Å². The van der Waals surface area contributed by atoms with Crippen LogP contribution in [0, 0.1) is 12.8 Å². The summed E-state index contributed by atoms with van der Waals surface area (Å²) in [6.45, 7) is 8.40. The van der Waals surface area contributed by atoms with E-state index in [4.69, 9.17) is 0 Å². The summed E-state index contributed by atoms with van der Waals surface area (Å²) < 4.78 is 1.61. The summed E-state index contributed by atoms with van der Waals surface area (Å²) in [5, 5.41) is 17.2. The number of aromatic nitrogens is 4. The summed E-state index contributed by atoms with van der Waals surface area (Å²) in [6, 6.07) is 5.96. The number of nitrogens with zero attached hydrogens (tertiary/aromatic N) is 4. The number of nitrogens with one attached hydrogen (secondary N) is 2. The highest BCUT2D eigenvalue weighted by molar-refractivity contribution is 5.81. The Kier molecular flexibility index (Phi) is 5.08. The molecule has 1 amide bonds. The van der Waals surface area contributed by atoms with E-state index in [9.17, 15) is 4.79 Å². The Morgan fingerprint density at radius 2 is 2.09 bits per heavy atom. The first-order chi connectivity index (χ1) is 10.5. The molecule has 118 valence electrons. The van der Waals surface area contributed by atoms with Crippen LogP contribution in [0.2, 0.25) is 0 Å². The van der Waals surface area contributed by atoms with Gasteiger partial charge in [0.05, 0.1) is 12.2 Å². The standard InChI is InChI=1S/C15H22N6O/c1-10(2)12(4)18-15(22)8-16-13-5-6-14(11(3)7-13)21-9-17-19-20-21/h5-7,9-10,12,16H,8H2,1-4H3,(H,18,22)/t12-/m0/s1. The largest absolute Gasteiger partial charge is 0.376 e. The lowest BCUT2D eigenvalue weighted by molar-refractivity contribution is -0.120. The molecule has 0 aliphatic carbocycles. The van der Waals surface area contributed by atoms with Gasteiger partial charge in [-0.3, -0.25) is 4.79 Å². The Bertz CT molecular complexity index is 623. The third kappa shape index (κ3) is 4.03. The van der Waals surface area contributed by atoms with E-state index >= 15 is 0 Å². The van der Waals surface area contributed by atoms with Gasteiger partial charge in [0, 0.05) is 11.7 Å². The maximum Gasteiger partial charge on any atom is 0.239 e. The first kappa shape index (κ1) is 15.9. The van der Waals surface area contributed by atoms with E-state index < -0.39 is 0 Å². The average molecular weight is 302 g/mol. The molecule has 7 nitrogen and oxygen atoms in total. The molecule has 22 heavy (non-hydrogen) atoms. The van der Waals surface area contributed by atoms with Gasteiger partial charge in [0.1, 0.15) is 6.33 Å². The zero-order valence-corrected chi connectivity index (χ0v) is 13.4. The average Bonchev–Trinajstić information content (AvgIpc) is 2.99. The van der Waals surface area contributed by atoms with Crippen LogP contribution < -0.4 is 10.6 Å². The van der Waals surface area contributed by atoms with Crippen LogP contribution in [-0.4, -0.2) is 38.7 Å². The van der Waals surface area contributed by atoms with Crippen LogP contribution in [0.25, 0.3) is 5.69 Å². The van der Waals surface area contributed by atoms with E-state index in [0.29, 0.717) is 5.92 Å². The highest BCUT2D eigenvalue weighted by atomic mass is 16.1. The van der Waals surface area contributed by atoms with Crippen molar-refractivity contribution < 1.29 is 4.79 Å². The molecule has 1 heterocycles. The van der Waals surface area contributed by atoms with Crippen LogP contribution in [0.1, 0.15) is 26.3 Å². The Hall–Kier alpha value is -2.44. The first-order valence-electron chi connectivity index (χ1n) is 7.34. The second-order valence-corrected chi connectivity index (χ2v) is 5.71. The van der Waals surface area contributed by atoms with Crippen molar-refractivity contribution in [2.45, 2.75) is 33.7 Å². The number of carbonyl (C=O) groups is 1. The minimum atomic E-state index is -0.0107. The molecule has 0 radical (unpaired) electrons. The Morgan fingerprint density at radius 1 is 1.32 bits per heavy atom. The number of hydrogen-bond acceptors (Lipinski definition) is 5. The number of aryl methyl sites for hydroxylation is 1. The van der Waals surface area contributed by atoms with Gasteiger partial charge in [-0.1, -0.05) is 13.8 Å². The van der Waals surface area contributed by atoms with Crippen molar-refractivity contribution in [2.24, 2.45) is 5.92 Å². The third-order valence-corrected chi connectivity index (χ3v) is 3.63.